The molecule has 0 aromatic carbocycles. The van der Waals surface area contributed by atoms with Crippen LogP contribution in [0.2, 0.25) is 0 Å². The molecule has 1 aliphatic heterocycles. The normalized spacial score (nSPS) is 21.3. The fourth-order valence-corrected chi connectivity index (χ4v) is 3.94. The summed E-state index contributed by atoms with van der Waals surface area (Å²) in [5, 5.41) is 12.2. The fraction of sp³-hybridized carbons (Fsp3) is 0.765. The van der Waals surface area contributed by atoms with Crippen LogP contribution in [-0.2, 0) is 19.1 Å². The summed E-state index contributed by atoms with van der Waals surface area (Å²) in [6.45, 7) is 0.312. The zero-order valence-electron chi connectivity index (χ0n) is 15.1. The smallest absolute Gasteiger partial charge is 0.413 e. The molecule has 26 heavy (non-hydrogen) atoms. The number of carbonyl (C=O) groups is 4. The highest BCUT2D eigenvalue weighted by Gasteiger charge is 2.39. The molecule has 0 radical (unpaired) electrons. The van der Waals surface area contributed by atoms with Crippen LogP contribution in [0.5, 0.6) is 0 Å². The minimum Gasteiger partial charge on any atom is -0.453 e. The Morgan fingerprint density at radius 2 is 1.96 bits per heavy atom. The predicted octanol–water partition coefficient (Wildman–Crippen LogP) is 0.904. The zero-order valence-corrected chi connectivity index (χ0v) is 15.1. The van der Waals surface area contributed by atoms with Crippen molar-refractivity contribution in [1.82, 2.24) is 15.3 Å². The lowest BCUT2D eigenvalue weighted by Crippen LogP contribution is -2.50. The molecule has 2 atom stereocenters. The number of methoxy groups -OCH3 is 1. The van der Waals surface area contributed by atoms with Crippen molar-refractivity contribution in [3.8, 4) is 0 Å². The van der Waals surface area contributed by atoms with E-state index in [1.54, 1.807) is 0 Å². The molecule has 146 valence electrons. The second-order valence-electron chi connectivity index (χ2n) is 6.98. The van der Waals surface area contributed by atoms with E-state index in [9.17, 15) is 24.4 Å². The predicted molar refractivity (Wildman–Crippen MR) is 89.9 cm³/mol. The van der Waals surface area contributed by atoms with Gasteiger partial charge < -0.3 is 9.64 Å². The number of hydrogen-bond donors (Lipinski definition) is 2. The van der Waals surface area contributed by atoms with E-state index in [-0.39, 0.29) is 18.9 Å². The quantitative estimate of drug-likeness (QED) is 0.391. The van der Waals surface area contributed by atoms with Gasteiger partial charge in [-0.15, -0.1) is 0 Å². The van der Waals surface area contributed by atoms with Crippen molar-refractivity contribution >= 4 is 24.3 Å². The van der Waals surface area contributed by atoms with Gasteiger partial charge in [-0.05, 0) is 25.2 Å². The third kappa shape index (κ3) is 5.17. The van der Waals surface area contributed by atoms with E-state index >= 15 is 0 Å². The van der Waals surface area contributed by atoms with Crippen LogP contribution in [0.25, 0.3) is 0 Å². The van der Waals surface area contributed by atoms with E-state index < -0.39 is 24.0 Å². The number of imide groups is 1. The second-order valence-corrected chi connectivity index (χ2v) is 6.98. The molecule has 9 nitrogen and oxygen atoms in total. The Balaban J connectivity index is 2.07. The molecule has 9 heteroatoms. The third-order valence-corrected chi connectivity index (χ3v) is 5.22. The first kappa shape index (κ1) is 20.2. The van der Waals surface area contributed by atoms with E-state index in [2.05, 4.69) is 10.1 Å². The molecule has 1 saturated heterocycles. The lowest BCUT2D eigenvalue weighted by Gasteiger charge is -2.30. The number of likely N-dealkylation sites (tertiary alicyclic amines) is 1. The van der Waals surface area contributed by atoms with Crippen LogP contribution in [0.1, 0.15) is 44.9 Å². The second kappa shape index (κ2) is 9.51. The van der Waals surface area contributed by atoms with Crippen LogP contribution >= 0.6 is 0 Å². The highest BCUT2D eigenvalue weighted by atomic mass is 16.5. The number of nitrogens with zero attached hydrogens (tertiary/aromatic N) is 2. The monoisotopic (exact) mass is 369 g/mol. The summed E-state index contributed by atoms with van der Waals surface area (Å²) in [5.41, 5.74) is 0. The summed E-state index contributed by atoms with van der Waals surface area (Å²) in [7, 11) is 1.16. The van der Waals surface area contributed by atoms with Gasteiger partial charge >= 0.3 is 6.09 Å². The molecule has 1 aliphatic carbocycles. The molecular weight excluding hydrogens is 342 g/mol. The van der Waals surface area contributed by atoms with Crippen molar-refractivity contribution in [3.05, 3.63) is 0 Å². The molecular formula is C17H27N3O6. The standard InChI is InChI=1S/C17H27N3O6/c1-26-17(24)18-15(22)14-7-4-8-20(14)16(23)13(10-19(25)11-21)9-12-5-2-3-6-12/h11-14,25H,2-10H2,1H3,(H,18,22,24)/t13-,14+/m1/s1. The van der Waals surface area contributed by atoms with Gasteiger partial charge in [-0.3, -0.25) is 24.9 Å². The molecule has 0 spiro atoms. The van der Waals surface area contributed by atoms with Crippen LogP contribution in [0, 0.1) is 11.8 Å². The molecule has 0 aromatic heterocycles. The van der Waals surface area contributed by atoms with Gasteiger partial charge in [0.05, 0.1) is 19.6 Å². The van der Waals surface area contributed by atoms with Gasteiger partial charge in [-0.25, -0.2) is 9.86 Å². The Morgan fingerprint density at radius 3 is 2.58 bits per heavy atom. The summed E-state index contributed by atoms with van der Waals surface area (Å²) in [6, 6.07) is -0.740. The number of ether oxygens (including phenoxy) is 1. The Bertz CT molecular complexity index is 535. The molecule has 1 heterocycles. The molecule has 2 N–H and O–H groups in total. The van der Waals surface area contributed by atoms with Gasteiger partial charge in [0.15, 0.2) is 0 Å². The summed E-state index contributed by atoms with van der Waals surface area (Å²) in [4.78, 5) is 48.8. The molecule has 0 unspecified atom stereocenters. The number of carbonyl (C=O) groups excluding carboxylic acids is 4. The molecule has 2 rings (SSSR count). The van der Waals surface area contributed by atoms with E-state index in [1.165, 1.54) is 4.90 Å². The van der Waals surface area contributed by atoms with Gasteiger partial charge in [-0.2, -0.15) is 0 Å². The maximum absolute atomic E-state index is 13.0. The molecule has 4 amide bonds. The summed E-state index contributed by atoms with van der Waals surface area (Å²) >= 11 is 0. The minimum atomic E-state index is -0.862. The molecule has 1 saturated carbocycles. The van der Waals surface area contributed by atoms with Crippen molar-refractivity contribution in [2.45, 2.75) is 51.0 Å². The van der Waals surface area contributed by atoms with E-state index in [0.717, 1.165) is 32.8 Å². The largest absolute Gasteiger partial charge is 0.453 e. The third-order valence-electron chi connectivity index (χ3n) is 5.22. The summed E-state index contributed by atoms with van der Waals surface area (Å²) < 4.78 is 4.43. The van der Waals surface area contributed by atoms with Gasteiger partial charge in [0.1, 0.15) is 6.04 Å². The molecule has 2 fully saturated rings. The molecule has 2 aliphatic rings. The van der Waals surface area contributed by atoms with Gasteiger partial charge in [0.2, 0.25) is 12.3 Å². The van der Waals surface area contributed by atoms with Gasteiger partial charge in [-0.1, -0.05) is 25.7 Å². The number of alkyl carbamates (subject to hydrolysis) is 1. The maximum atomic E-state index is 13.0. The van der Waals surface area contributed by atoms with Gasteiger partial charge in [0, 0.05) is 6.54 Å². The zero-order chi connectivity index (χ0) is 19.1. The van der Waals surface area contributed by atoms with E-state index in [0.29, 0.717) is 36.8 Å². The first-order valence-electron chi connectivity index (χ1n) is 9.06. The summed E-state index contributed by atoms with van der Waals surface area (Å²) in [6.07, 6.45) is 5.40. The van der Waals surface area contributed by atoms with Crippen molar-refractivity contribution in [1.29, 1.82) is 0 Å². The highest BCUT2D eigenvalue weighted by Crippen LogP contribution is 2.32. The van der Waals surface area contributed by atoms with Gasteiger partial charge in [0.25, 0.3) is 5.91 Å². The van der Waals surface area contributed by atoms with Crippen LogP contribution in [-0.4, -0.2) is 65.7 Å². The average Bonchev–Trinajstić information content (AvgIpc) is 3.31. The Hall–Kier alpha value is -2.16. The number of hydrogen-bond acceptors (Lipinski definition) is 6. The Morgan fingerprint density at radius 1 is 1.27 bits per heavy atom. The van der Waals surface area contributed by atoms with Crippen LogP contribution in [0.3, 0.4) is 0 Å². The lowest BCUT2D eigenvalue weighted by atomic mass is 9.91. The Kier molecular flexibility index (Phi) is 7.38. The highest BCUT2D eigenvalue weighted by molar-refractivity contribution is 5.97. The van der Waals surface area contributed by atoms with Crippen LogP contribution in [0.15, 0.2) is 0 Å². The number of nitrogens with one attached hydrogen (secondary N) is 1. The van der Waals surface area contributed by atoms with Crippen molar-refractivity contribution in [2.75, 3.05) is 20.2 Å². The van der Waals surface area contributed by atoms with Crippen LogP contribution < -0.4 is 5.32 Å². The molecule has 0 bridgehead atoms. The minimum absolute atomic E-state index is 0.0966. The number of rotatable bonds is 7. The lowest BCUT2D eigenvalue weighted by molar-refractivity contribution is -0.158. The first-order valence-corrected chi connectivity index (χ1v) is 9.06. The Labute approximate surface area is 152 Å². The van der Waals surface area contributed by atoms with E-state index in [4.69, 9.17) is 0 Å². The maximum Gasteiger partial charge on any atom is 0.413 e. The van der Waals surface area contributed by atoms with E-state index in [1.807, 2.05) is 0 Å². The fourth-order valence-electron chi connectivity index (χ4n) is 3.94. The van der Waals surface area contributed by atoms with Crippen molar-refractivity contribution in [2.24, 2.45) is 11.8 Å². The van der Waals surface area contributed by atoms with Crippen molar-refractivity contribution < 1.29 is 29.1 Å². The summed E-state index contributed by atoms with van der Waals surface area (Å²) in [5.74, 6) is -1.02. The SMILES string of the molecule is COC(=O)NC(=O)[C@@H]1CCCN1C(=O)[C@H](CC1CCCC1)CN(O)C=O. The molecule has 0 aromatic rings. The number of amides is 4. The van der Waals surface area contributed by atoms with Crippen LogP contribution in [0.4, 0.5) is 4.79 Å². The first-order chi connectivity index (χ1) is 12.5. The average molecular weight is 369 g/mol. The topological polar surface area (TPSA) is 116 Å². The number of hydroxylamine groups is 2. The van der Waals surface area contributed by atoms with Crippen molar-refractivity contribution in [3.63, 3.8) is 0 Å².